The molecule has 0 aromatic heterocycles. The molecule has 13 heavy (non-hydrogen) atoms. The maximum atomic E-state index is 8.75. The Morgan fingerprint density at radius 1 is 1.46 bits per heavy atom. The third-order valence-electron chi connectivity index (χ3n) is 1.88. The van der Waals surface area contributed by atoms with E-state index in [9.17, 15) is 0 Å². The maximum Gasteiger partial charge on any atom is 0.0684 e. The minimum absolute atomic E-state index is 0.196. The predicted molar refractivity (Wildman–Crippen MR) is 56.3 cm³/mol. The van der Waals surface area contributed by atoms with Gasteiger partial charge in [-0.1, -0.05) is 11.6 Å². The third-order valence-corrected chi connectivity index (χ3v) is 1.88. The topological polar surface area (TPSA) is 35.8 Å². The lowest BCUT2D eigenvalue weighted by atomic mass is 9.91. The van der Waals surface area contributed by atoms with Crippen LogP contribution >= 0.6 is 0 Å². The van der Waals surface area contributed by atoms with E-state index in [1.165, 1.54) is 5.57 Å². The molecular weight excluding hydrogens is 160 g/mol. The molecule has 0 saturated heterocycles. The minimum atomic E-state index is -0.196. The molecule has 0 aliphatic heterocycles. The van der Waals surface area contributed by atoms with Crippen LogP contribution < -0.4 is 5.32 Å². The van der Waals surface area contributed by atoms with E-state index in [1.54, 1.807) is 0 Å². The first-order chi connectivity index (χ1) is 5.98. The van der Waals surface area contributed by atoms with Crippen LogP contribution in [0.15, 0.2) is 11.6 Å². The smallest absolute Gasteiger partial charge is 0.0684 e. The second-order valence-electron chi connectivity index (χ2n) is 4.23. The average Bonchev–Trinajstić information content (AvgIpc) is 2.03. The number of hydrogen-bond donors (Lipinski definition) is 1. The molecule has 0 amide bonds. The molecule has 74 valence electrons. The highest BCUT2D eigenvalue weighted by atomic mass is 14.8. The van der Waals surface area contributed by atoms with Crippen molar-refractivity contribution in [2.75, 3.05) is 13.1 Å². The molecule has 0 rings (SSSR count). The van der Waals surface area contributed by atoms with E-state index in [0.717, 1.165) is 19.5 Å². The molecule has 2 nitrogen and oxygen atoms in total. The maximum absolute atomic E-state index is 8.75. The Hall–Kier alpha value is -0.810. The highest BCUT2D eigenvalue weighted by Crippen LogP contribution is 2.16. The molecule has 0 atom stereocenters. The van der Waals surface area contributed by atoms with E-state index in [4.69, 9.17) is 5.26 Å². The van der Waals surface area contributed by atoms with Crippen LogP contribution in [0.1, 0.15) is 34.1 Å². The minimum Gasteiger partial charge on any atom is -0.313 e. The molecule has 0 aromatic rings. The van der Waals surface area contributed by atoms with Gasteiger partial charge in [0.1, 0.15) is 0 Å². The molecule has 0 aliphatic rings. The van der Waals surface area contributed by atoms with Gasteiger partial charge < -0.3 is 5.32 Å². The number of hydrogen-bond acceptors (Lipinski definition) is 2. The molecule has 0 unspecified atom stereocenters. The van der Waals surface area contributed by atoms with Crippen LogP contribution in [0.3, 0.4) is 0 Å². The summed E-state index contributed by atoms with van der Waals surface area (Å²) >= 11 is 0. The summed E-state index contributed by atoms with van der Waals surface area (Å²) < 4.78 is 0. The first-order valence-electron chi connectivity index (χ1n) is 4.73. The summed E-state index contributed by atoms with van der Waals surface area (Å²) in [6.45, 7) is 9.92. The highest BCUT2D eigenvalue weighted by molar-refractivity contribution is 4.95. The highest BCUT2D eigenvalue weighted by Gasteiger charge is 2.14. The molecule has 0 aromatic carbocycles. The third kappa shape index (κ3) is 7.55. The van der Waals surface area contributed by atoms with Crippen molar-refractivity contribution in [3.05, 3.63) is 11.6 Å². The van der Waals surface area contributed by atoms with Crippen LogP contribution in [0.5, 0.6) is 0 Å². The first-order valence-corrected chi connectivity index (χ1v) is 4.73. The van der Waals surface area contributed by atoms with E-state index in [-0.39, 0.29) is 5.41 Å². The van der Waals surface area contributed by atoms with Gasteiger partial charge in [-0.3, -0.25) is 0 Å². The van der Waals surface area contributed by atoms with Gasteiger partial charge in [0.2, 0.25) is 0 Å². The number of rotatable bonds is 5. The summed E-state index contributed by atoms with van der Waals surface area (Å²) in [6.07, 6.45) is 3.06. The fraction of sp³-hybridized carbons (Fsp3) is 0.727. The summed E-state index contributed by atoms with van der Waals surface area (Å²) in [7, 11) is 0. The Morgan fingerprint density at radius 3 is 2.54 bits per heavy atom. The zero-order valence-corrected chi connectivity index (χ0v) is 9.15. The van der Waals surface area contributed by atoms with Gasteiger partial charge in [-0.25, -0.2) is 0 Å². The molecule has 0 fully saturated rings. The van der Waals surface area contributed by atoms with E-state index in [0.29, 0.717) is 0 Å². The van der Waals surface area contributed by atoms with Crippen molar-refractivity contribution in [3.63, 3.8) is 0 Å². The van der Waals surface area contributed by atoms with Crippen LogP contribution in [-0.4, -0.2) is 13.1 Å². The van der Waals surface area contributed by atoms with E-state index in [1.807, 2.05) is 13.8 Å². The second-order valence-corrected chi connectivity index (χ2v) is 4.23. The summed E-state index contributed by atoms with van der Waals surface area (Å²) in [5, 5.41) is 12.0. The monoisotopic (exact) mass is 180 g/mol. The molecule has 0 radical (unpaired) electrons. The lowest BCUT2D eigenvalue weighted by Crippen LogP contribution is -2.21. The zero-order valence-electron chi connectivity index (χ0n) is 9.15. The van der Waals surface area contributed by atoms with Crippen LogP contribution in [-0.2, 0) is 0 Å². The SMILES string of the molecule is CC(C)=CCNCCC(C)(C)C#N. The van der Waals surface area contributed by atoms with Gasteiger partial charge in [0.15, 0.2) is 0 Å². The van der Waals surface area contributed by atoms with Gasteiger partial charge in [0, 0.05) is 6.54 Å². The molecule has 0 bridgehead atoms. The number of nitrogens with one attached hydrogen (secondary N) is 1. The second kappa shape index (κ2) is 5.77. The lowest BCUT2D eigenvalue weighted by molar-refractivity contribution is 0.438. The molecule has 2 heteroatoms. The molecule has 0 spiro atoms. The van der Waals surface area contributed by atoms with Crippen molar-refractivity contribution in [2.45, 2.75) is 34.1 Å². The average molecular weight is 180 g/mol. The van der Waals surface area contributed by atoms with Crippen molar-refractivity contribution in [3.8, 4) is 6.07 Å². The van der Waals surface area contributed by atoms with Crippen LogP contribution in [0, 0.1) is 16.7 Å². The van der Waals surface area contributed by atoms with E-state index >= 15 is 0 Å². The van der Waals surface area contributed by atoms with E-state index < -0.39 is 0 Å². The van der Waals surface area contributed by atoms with Gasteiger partial charge in [-0.2, -0.15) is 5.26 Å². The number of allylic oxidation sites excluding steroid dienone is 1. The van der Waals surface area contributed by atoms with Gasteiger partial charge in [-0.05, 0) is 40.7 Å². The van der Waals surface area contributed by atoms with Crippen molar-refractivity contribution in [1.29, 1.82) is 5.26 Å². The summed E-state index contributed by atoms with van der Waals surface area (Å²) in [6, 6.07) is 2.29. The van der Waals surface area contributed by atoms with Crippen LogP contribution in [0.25, 0.3) is 0 Å². The van der Waals surface area contributed by atoms with Crippen molar-refractivity contribution in [1.82, 2.24) is 5.32 Å². The summed E-state index contributed by atoms with van der Waals surface area (Å²) in [5.41, 5.74) is 1.13. The van der Waals surface area contributed by atoms with Crippen molar-refractivity contribution >= 4 is 0 Å². The van der Waals surface area contributed by atoms with Crippen molar-refractivity contribution < 1.29 is 0 Å². The van der Waals surface area contributed by atoms with Gasteiger partial charge in [0.25, 0.3) is 0 Å². The Bertz CT molecular complexity index is 205. The number of nitrogens with zero attached hydrogens (tertiary/aromatic N) is 1. The Kier molecular flexibility index (Phi) is 5.41. The molecule has 0 aliphatic carbocycles. The van der Waals surface area contributed by atoms with Gasteiger partial charge in [0.05, 0.1) is 11.5 Å². The van der Waals surface area contributed by atoms with Crippen LogP contribution in [0.2, 0.25) is 0 Å². The lowest BCUT2D eigenvalue weighted by Gasteiger charge is -2.14. The molecule has 0 heterocycles. The molecule has 1 N–H and O–H groups in total. The Balaban J connectivity index is 3.48. The zero-order chi connectivity index (χ0) is 10.3. The van der Waals surface area contributed by atoms with Crippen molar-refractivity contribution in [2.24, 2.45) is 5.41 Å². The molecular formula is C11H20N2. The quantitative estimate of drug-likeness (QED) is 0.521. The summed E-state index contributed by atoms with van der Waals surface area (Å²) in [4.78, 5) is 0. The first kappa shape index (κ1) is 12.2. The van der Waals surface area contributed by atoms with Gasteiger partial charge in [-0.15, -0.1) is 0 Å². The molecule has 0 saturated carbocycles. The Morgan fingerprint density at radius 2 is 2.08 bits per heavy atom. The summed E-state index contributed by atoms with van der Waals surface area (Å²) in [5.74, 6) is 0. The standard InChI is InChI=1S/C11H20N2/c1-10(2)5-7-13-8-6-11(3,4)9-12/h5,13H,6-8H2,1-4H3. The Labute approximate surface area is 81.6 Å². The fourth-order valence-electron chi connectivity index (χ4n) is 0.835. The van der Waals surface area contributed by atoms with Gasteiger partial charge >= 0.3 is 0 Å². The van der Waals surface area contributed by atoms with E-state index in [2.05, 4.69) is 31.3 Å². The van der Waals surface area contributed by atoms with Crippen LogP contribution in [0.4, 0.5) is 0 Å². The predicted octanol–water partition coefficient (Wildman–Crippen LogP) is 2.48. The normalized spacial score (nSPS) is 10.7. The number of nitriles is 1. The fourth-order valence-corrected chi connectivity index (χ4v) is 0.835. The largest absolute Gasteiger partial charge is 0.313 e.